The Morgan fingerprint density at radius 1 is 1.23 bits per heavy atom. The molecule has 0 aliphatic carbocycles. The van der Waals surface area contributed by atoms with Crippen molar-refractivity contribution in [2.75, 3.05) is 6.54 Å². The van der Waals surface area contributed by atoms with Gasteiger partial charge in [-0.25, -0.2) is 0 Å². The lowest BCUT2D eigenvalue weighted by molar-refractivity contribution is -0.118. The summed E-state index contributed by atoms with van der Waals surface area (Å²) in [5.41, 5.74) is 5.27. The third kappa shape index (κ3) is 4.27. The van der Waals surface area contributed by atoms with Gasteiger partial charge in [-0.2, -0.15) is 0 Å². The number of nitrogens with one attached hydrogen (secondary N) is 1. The van der Waals surface area contributed by atoms with E-state index in [9.17, 15) is 4.79 Å². The van der Waals surface area contributed by atoms with Crippen LogP contribution >= 0.6 is 0 Å². The molecule has 78 valence electrons. The maximum absolute atomic E-state index is 10.5. The highest BCUT2D eigenvalue weighted by Gasteiger charge is 2.22. The number of carbonyl (C=O) groups excluding carboxylic acids is 1. The minimum atomic E-state index is -0.232. The molecule has 0 aliphatic heterocycles. The molecule has 0 rings (SSSR count). The molecule has 0 fully saturated rings. The number of primary amides is 1. The van der Waals surface area contributed by atoms with Crippen LogP contribution in [0.5, 0.6) is 0 Å². The van der Waals surface area contributed by atoms with Crippen molar-refractivity contribution in [2.24, 2.45) is 5.73 Å². The number of amides is 1. The van der Waals surface area contributed by atoms with E-state index in [1.807, 2.05) is 0 Å². The maximum atomic E-state index is 10.5. The van der Waals surface area contributed by atoms with Crippen LogP contribution in [0.4, 0.5) is 0 Å². The SMILES string of the molecule is CCC(CC)(CC)NCCC(N)=O. The monoisotopic (exact) mass is 186 g/mol. The summed E-state index contributed by atoms with van der Waals surface area (Å²) in [6.07, 6.45) is 3.72. The Kier molecular flexibility index (Phi) is 5.71. The number of carbonyl (C=O) groups is 1. The lowest BCUT2D eigenvalue weighted by Gasteiger charge is -2.31. The first-order valence-corrected chi connectivity index (χ1v) is 5.13. The molecule has 0 atom stereocenters. The second kappa shape index (κ2) is 5.97. The van der Waals surface area contributed by atoms with Crippen molar-refractivity contribution in [3.63, 3.8) is 0 Å². The van der Waals surface area contributed by atoms with Gasteiger partial charge in [0.15, 0.2) is 0 Å². The van der Waals surface area contributed by atoms with Crippen molar-refractivity contribution in [1.82, 2.24) is 5.32 Å². The number of nitrogens with two attached hydrogens (primary N) is 1. The number of hydrogen-bond donors (Lipinski definition) is 2. The van der Waals surface area contributed by atoms with Crippen molar-refractivity contribution in [3.8, 4) is 0 Å². The molecule has 0 radical (unpaired) electrons. The van der Waals surface area contributed by atoms with Crippen molar-refractivity contribution >= 4 is 5.91 Å². The van der Waals surface area contributed by atoms with E-state index >= 15 is 0 Å². The fourth-order valence-electron chi connectivity index (χ4n) is 1.58. The summed E-state index contributed by atoms with van der Waals surface area (Å²) in [7, 11) is 0. The number of hydrogen-bond acceptors (Lipinski definition) is 2. The van der Waals surface area contributed by atoms with E-state index in [4.69, 9.17) is 5.73 Å². The predicted molar refractivity (Wildman–Crippen MR) is 55.4 cm³/mol. The lowest BCUT2D eigenvalue weighted by atomic mass is 9.90. The summed E-state index contributed by atoms with van der Waals surface area (Å²) >= 11 is 0. The van der Waals surface area contributed by atoms with Gasteiger partial charge >= 0.3 is 0 Å². The molecular weight excluding hydrogens is 164 g/mol. The summed E-state index contributed by atoms with van der Waals surface area (Å²) < 4.78 is 0. The molecule has 0 unspecified atom stereocenters. The molecule has 0 aromatic rings. The van der Waals surface area contributed by atoms with Gasteiger partial charge in [-0.3, -0.25) is 4.79 Å². The highest BCUT2D eigenvalue weighted by Crippen LogP contribution is 2.18. The van der Waals surface area contributed by atoms with Crippen LogP contribution in [0.15, 0.2) is 0 Å². The molecule has 0 spiro atoms. The second-order valence-corrected chi connectivity index (χ2v) is 3.48. The zero-order valence-corrected chi connectivity index (χ0v) is 9.02. The topological polar surface area (TPSA) is 55.1 Å². The van der Waals surface area contributed by atoms with Gasteiger partial charge in [0.1, 0.15) is 0 Å². The van der Waals surface area contributed by atoms with Crippen molar-refractivity contribution in [1.29, 1.82) is 0 Å². The van der Waals surface area contributed by atoms with E-state index in [1.54, 1.807) is 0 Å². The van der Waals surface area contributed by atoms with Crippen LogP contribution in [0.1, 0.15) is 46.5 Å². The van der Waals surface area contributed by atoms with Crippen LogP contribution in [0, 0.1) is 0 Å². The van der Waals surface area contributed by atoms with E-state index in [2.05, 4.69) is 26.1 Å². The fourth-order valence-corrected chi connectivity index (χ4v) is 1.58. The van der Waals surface area contributed by atoms with Crippen LogP contribution in [0.25, 0.3) is 0 Å². The van der Waals surface area contributed by atoms with Gasteiger partial charge in [-0.1, -0.05) is 20.8 Å². The molecule has 0 saturated heterocycles. The van der Waals surface area contributed by atoms with E-state index < -0.39 is 0 Å². The summed E-state index contributed by atoms with van der Waals surface area (Å²) in [5, 5.41) is 3.41. The molecule has 3 nitrogen and oxygen atoms in total. The minimum absolute atomic E-state index is 0.204. The highest BCUT2D eigenvalue weighted by molar-refractivity contribution is 5.73. The standard InChI is InChI=1S/C10H22N2O/c1-4-10(5-2,6-3)12-8-7-9(11)13/h12H,4-8H2,1-3H3,(H2,11,13). The summed E-state index contributed by atoms with van der Waals surface area (Å²) in [6, 6.07) is 0. The molecule has 0 aliphatic rings. The van der Waals surface area contributed by atoms with Gasteiger partial charge in [0.2, 0.25) is 5.91 Å². The van der Waals surface area contributed by atoms with Gasteiger partial charge in [0.05, 0.1) is 0 Å². The second-order valence-electron chi connectivity index (χ2n) is 3.48. The van der Waals surface area contributed by atoms with Crippen LogP contribution in [-0.4, -0.2) is 18.0 Å². The summed E-state index contributed by atoms with van der Waals surface area (Å²) in [6.45, 7) is 7.21. The molecule has 0 aromatic carbocycles. The van der Waals surface area contributed by atoms with Crippen LogP contribution in [0.3, 0.4) is 0 Å². The molecule has 13 heavy (non-hydrogen) atoms. The van der Waals surface area contributed by atoms with Crippen molar-refractivity contribution in [3.05, 3.63) is 0 Å². The highest BCUT2D eigenvalue weighted by atomic mass is 16.1. The molecule has 3 N–H and O–H groups in total. The Bertz CT molecular complexity index is 145. The first-order valence-electron chi connectivity index (χ1n) is 5.13. The molecule has 0 aromatic heterocycles. The largest absolute Gasteiger partial charge is 0.370 e. The maximum Gasteiger partial charge on any atom is 0.218 e. The molecule has 3 heteroatoms. The quantitative estimate of drug-likeness (QED) is 0.632. The zero-order valence-electron chi connectivity index (χ0n) is 9.02. The first kappa shape index (κ1) is 12.4. The molecule has 0 heterocycles. The van der Waals surface area contributed by atoms with Gasteiger partial charge in [0.25, 0.3) is 0 Å². The Labute approximate surface area is 81.1 Å². The van der Waals surface area contributed by atoms with Crippen LogP contribution < -0.4 is 11.1 Å². The van der Waals surface area contributed by atoms with Crippen molar-refractivity contribution < 1.29 is 4.79 Å². The minimum Gasteiger partial charge on any atom is -0.370 e. The van der Waals surface area contributed by atoms with E-state index in [1.165, 1.54) is 0 Å². The zero-order chi connectivity index (χ0) is 10.3. The number of rotatable bonds is 7. The normalized spacial score (nSPS) is 11.6. The predicted octanol–water partition coefficient (Wildman–Crippen LogP) is 1.42. The smallest absolute Gasteiger partial charge is 0.218 e. The average Bonchev–Trinajstić information content (AvgIpc) is 2.13. The van der Waals surface area contributed by atoms with E-state index in [0.717, 1.165) is 19.3 Å². The summed E-state index contributed by atoms with van der Waals surface area (Å²) in [4.78, 5) is 10.5. The lowest BCUT2D eigenvalue weighted by Crippen LogP contribution is -2.44. The molecule has 0 bridgehead atoms. The summed E-state index contributed by atoms with van der Waals surface area (Å²) in [5.74, 6) is -0.232. The van der Waals surface area contributed by atoms with Gasteiger partial charge < -0.3 is 11.1 Å². The Morgan fingerprint density at radius 3 is 2.00 bits per heavy atom. The Hall–Kier alpha value is -0.570. The third-order valence-electron chi connectivity index (χ3n) is 2.90. The van der Waals surface area contributed by atoms with Gasteiger partial charge in [0, 0.05) is 18.5 Å². The Balaban J connectivity index is 3.88. The molecule has 0 saturated carbocycles. The molecule has 1 amide bonds. The third-order valence-corrected chi connectivity index (χ3v) is 2.90. The van der Waals surface area contributed by atoms with Gasteiger partial charge in [-0.15, -0.1) is 0 Å². The van der Waals surface area contributed by atoms with Crippen LogP contribution in [-0.2, 0) is 4.79 Å². The van der Waals surface area contributed by atoms with Crippen molar-refractivity contribution in [2.45, 2.75) is 52.0 Å². The fraction of sp³-hybridized carbons (Fsp3) is 0.900. The van der Waals surface area contributed by atoms with E-state index in [0.29, 0.717) is 13.0 Å². The first-order chi connectivity index (χ1) is 6.10. The van der Waals surface area contributed by atoms with E-state index in [-0.39, 0.29) is 11.4 Å². The van der Waals surface area contributed by atoms with Gasteiger partial charge in [-0.05, 0) is 19.3 Å². The molecular formula is C10H22N2O. The van der Waals surface area contributed by atoms with Crippen LogP contribution in [0.2, 0.25) is 0 Å². The Morgan fingerprint density at radius 2 is 1.69 bits per heavy atom. The average molecular weight is 186 g/mol.